The molecule has 21 heavy (non-hydrogen) atoms. The third-order valence-electron chi connectivity index (χ3n) is 4.05. The molecule has 1 atom stereocenters. The first-order valence-electron chi connectivity index (χ1n) is 7.01. The van der Waals surface area contributed by atoms with Crippen LogP contribution in [0.1, 0.15) is 17.5 Å². The SMILES string of the molecule is OC1(c2ccccc2)CCN(Cc2ccc(F)cc2Cl)C1. The lowest BCUT2D eigenvalue weighted by molar-refractivity contribution is 0.0453. The highest BCUT2D eigenvalue weighted by Crippen LogP contribution is 2.33. The topological polar surface area (TPSA) is 23.5 Å². The predicted molar refractivity (Wildman–Crippen MR) is 81.6 cm³/mol. The maximum Gasteiger partial charge on any atom is 0.124 e. The molecule has 1 fully saturated rings. The van der Waals surface area contributed by atoms with Gasteiger partial charge in [0.2, 0.25) is 0 Å². The number of aliphatic hydroxyl groups is 1. The minimum Gasteiger partial charge on any atom is -0.384 e. The first kappa shape index (κ1) is 14.5. The molecule has 0 radical (unpaired) electrons. The zero-order chi connectivity index (χ0) is 14.9. The normalized spacial score (nSPS) is 22.6. The van der Waals surface area contributed by atoms with Crippen molar-refractivity contribution < 1.29 is 9.50 Å². The van der Waals surface area contributed by atoms with Crippen LogP contribution >= 0.6 is 11.6 Å². The van der Waals surface area contributed by atoms with E-state index in [9.17, 15) is 9.50 Å². The second-order valence-electron chi connectivity index (χ2n) is 5.59. The van der Waals surface area contributed by atoms with E-state index in [4.69, 9.17) is 11.6 Å². The molecule has 3 rings (SSSR count). The van der Waals surface area contributed by atoms with Crippen molar-refractivity contribution in [2.45, 2.75) is 18.6 Å². The molecule has 0 amide bonds. The summed E-state index contributed by atoms with van der Waals surface area (Å²) < 4.78 is 13.1. The summed E-state index contributed by atoms with van der Waals surface area (Å²) in [5.74, 6) is -0.328. The number of likely N-dealkylation sites (tertiary alicyclic amines) is 1. The Balaban J connectivity index is 1.73. The number of β-amino-alcohol motifs (C(OH)–C–C–N with tert-alkyl or cyclic N) is 1. The predicted octanol–water partition coefficient (Wildman–Crippen LogP) is 3.57. The van der Waals surface area contributed by atoms with E-state index in [1.165, 1.54) is 12.1 Å². The Bertz CT molecular complexity index is 634. The molecule has 1 aliphatic heterocycles. The van der Waals surface area contributed by atoms with Gasteiger partial charge in [0.05, 0.1) is 0 Å². The van der Waals surface area contributed by atoms with Gasteiger partial charge in [-0.1, -0.05) is 48.0 Å². The molecule has 0 aromatic heterocycles. The quantitative estimate of drug-likeness (QED) is 0.937. The second-order valence-corrected chi connectivity index (χ2v) is 6.00. The van der Waals surface area contributed by atoms with Gasteiger partial charge in [-0.3, -0.25) is 4.90 Å². The van der Waals surface area contributed by atoms with Crippen molar-refractivity contribution in [1.29, 1.82) is 0 Å². The summed E-state index contributed by atoms with van der Waals surface area (Å²) >= 11 is 6.07. The zero-order valence-electron chi connectivity index (χ0n) is 11.6. The summed E-state index contributed by atoms with van der Waals surface area (Å²) in [7, 11) is 0. The maximum atomic E-state index is 13.1. The van der Waals surface area contributed by atoms with Gasteiger partial charge in [0, 0.05) is 24.7 Å². The van der Waals surface area contributed by atoms with E-state index in [0.29, 0.717) is 24.5 Å². The Morgan fingerprint density at radius 1 is 1.19 bits per heavy atom. The van der Waals surface area contributed by atoms with E-state index in [1.54, 1.807) is 6.07 Å². The van der Waals surface area contributed by atoms with E-state index >= 15 is 0 Å². The molecule has 0 spiro atoms. The summed E-state index contributed by atoms with van der Waals surface area (Å²) in [5.41, 5.74) is 1.02. The van der Waals surface area contributed by atoms with E-state index in [1.807, 2.05) is 30.3 Å². The molecule has 1 heterocycles. The fraction of sp³-hybridized carbons (Fsp3) is 0.294. The van der Waals surface area contributed by atoms with Crippen LogP contribution in [0.25, 0.3) is 0 Å². The van der Waals surface area contributed by atoms with Crippen LogP contribution < -0.4 is 0 Å². The summed E-state index contributed by atoms with van der Waals surface area (Å²) in [6, 6.07) is 14.2. The van der Waals surface area contributed by atoms with Crippen LogP contribution in [0.3, 0.4) is 0 Å². The zero-order valence-corrected chi connectivity index (χ0v) is 12.4. The molecule has 0 aliphatic carbocycles. The van der Waals surface area contributed by atoms with E-state index in [0.717, 1.165) is 17.7 Å². The third kappa shape index (κ3) is 3.10. The largest absolute Gasteiger partial charge is 0.384 e. The number of halogens is 2. The van der Waals surface area contributed by atoms with Gasteiger partial charge in [-0.15, -0.1) is 0 Å². The Hall–Kier alpha value is -1.42. The molecule has 0 bridgehead atoms. The van der Waals surface area contributed by atoms with E-state index in [2.05, 4.69) is 4.90 Å². The molecule has 4 heteroatoms. The molecule has 1 N–H and O–H groups in total. The molecular weight excluding hydrogens is 289 g/mol. The van der Waals surface area contributed by atoms with Crippen LogP contribution in [0.5, 0.6) is 0 Å². The van der Waals surface area contributed by atoms with Crippen molar-refractivity contribution in [2.24, 2.45) is 0 Å². The third-order valence-corrected chi connectivity index (χ3v) is 4.40. The highest BCUT2D eigenvalue weighted by atomic mass is 35.5. The van der Waals surface area contributed by atoms with Gasteiger partial charge in [0.15, 0.2) is 0 Å². The summed E-state index contributed by atoms with van der Waals surface area (Å²) in [6.07, 6.45) is 0.690. The molecule has 110 valence electrons. The molecule has 1 aliphatic rings. The first-order chi connectivity index (χ1) is 10.1. The van der Waals surface area contributed by atoms with Gasteiger partial charge in [-0.25, -0.2) is 4.39 Å². The Morgan fingerprint density at radius 3 is 2.67 bits per heavy atom. The Morgan fingerprint density at radius 2 is 1.95 bits per heavy atom. The number of hydrogen-bond acceptors (Lipinski definition) is 2. The van der Waals surface area contributed by atoms with Crippen LogP contribution in [0.15, 0.2) is 48.5 Å². The van der Waals surface area contributed by atoms with Crippen LogP contribution in [-0.4, -0.2) is 23.1 Å². The average molecular weight is 306 g/mol. The molecule has 1 unspecified atom stereocenters. The lowest BCUT2D eigenvalue weighted by Crippen LogP contribution is -2.30. The summed E-state index contributed by atoms with van der Waals surface area (Å²) in [6.45, 7) is 1.97. The molecule has 1 saturated heterocycles. The van der Waals surface area contributed by atoms with Gasteiger partial charge >= 0.3 is 0 Å². The molecule has 0 saturated carbocycles. The van der Waals surface area contributed by atoms with Gasteiger partial charge in [-0.05, 0) is 29.7 Å². The minimum atomic E-state index is -0.812. The monoisotopic (exact) mass is 305 g/mol. The molecule has 2 nitrogen and oxygen atoms in total. The minimum absolute atomic E-state index is 0.328. The maximum absolute atomic E-state index is 13.1. The van der Waals surface area contributed by atoms with E-state index in [-0.39, 0.29) is 5.82 Å². The molecule has 2 aromatic carbocycles. The Labute approximate surface area is 128 Å². The number of hydrogen-bond donors (Lipinski definition) is 1. The van der Waals surface area contributed by atoms with E-state index < -0.39 is 5.60 Å². The fourth-order valence-corrected chi connectivity index (χ4v) is 3.11. The van der Waals surface area contributed by atoms with Gasteiger partial charge in [0.1, 0.15) is 11.4 Å². The van der Waals surface area contributed by atoms with Gasteiger partial charge < -0.3 is 5.11 Å². The highest BCUT2D eigenvalue weighted by molar-refractivity contribution is 6.31. The second kappa shape index (κ2) is 5.76. The van der Waals surface area contributed by atoms with Gasteiger partial charge in [-0.2, -0.15) is 0 Å². The van der Waals surface area contributed by atoms with Crippen LogP contribution in [0.2, 0.25) is 5.02 Å². The standard InChI is InChI=1S/C17H17ClFNO/c18-16-10-15(19)7-6-13(16)11-20-9-8-17(21,12-20)14-4-2-1-3-5-14/h1-7,10,21H,8-9,11-12H2. The number of benzene rings is 2. The van der Waals surface area contributed by atoms with Crippen molar-refractivity contribution in [3.63, 3.8) is 0 Å². The van der Waals surface area contributed by atoms with Crippen LogP contribution in [-0.2, 0) is 12.1 Å². The van der Waals surface area contributed by atoms with Crippen molar-refractivity contribution in [2.75, 3.05) is 13.1 Å². The van der Waals surface area contributed by atoms with Crippen molar-refractivity contribution >= 4 is 11.6 Å². The molecular formula is C17H17ClFNO. The van der Waals surface area contributed by atoms with Gasteiger partial charge in [0.25, 0.3) is 0 Å². The smallest absolute Gasteiger partial charge is 0.124 e. The number of nitrogens with zero attached hydrogens (tertiary/aromatic N) is 1. The van der Waals surface area contributed by atoms with Crippen molar-refractivity contribution in [3.8, 4) is 0 Å². The summed E-state index contributed by atoms with van der Waals surface area (Å²) in [5, 5.41) is 11.2. The fourth-order valence-electron chi connectivity index (χ4n) is 2.88. The van der Waals surface area contributed by atoms with Crippen LogP contribution in [0, 0.1) is 5.82 Å². The molecule has 2 aromatic rings. The summed E-state index contributed by atoms with van der Waals surface area (Å²) in [4.78, 5) is 2.14. The lowest BCUT2D eigenvalue weighted by atomic mass is 9.93. The number of rotatable bonds is 3. The van der Waals surface area contributed by atoms with Crippen molar-refractivity contribution in [3.05, 3.63) is 70.5 Å². The highest BCUT2D eigenvalue weighted by Gasteiger charge is 2.37. The lowest BCUT2D eigenvalue weighted by Gasteiger charge is -2.24. The van der Waals surface area contributed by atoms with Crippen LogP contribution in [0.4, 0.5) is 4.39 Å². The Kier molecular flexibility index (Phi) is 3.98. The van der Waals surface area contributed by atoms with Crippen molar-refractivity contribution in [1.82, 2.24) is 4.90 Å². The average Bonchev–Trinajstić information content (AvgIpc) is 2.86. The first-order valence-corrected chi connectivity index (χ1v) is 7.39.